The van der Waals surface area contributed by atoms with Crippen molar-refractivity contribution in [2.45, 2.75) is 56.6 Å². The molecule has 5 aromatic rings. The highest BCUT2D eigenvalue weighted by Crippen LogP contribution is 2.40. The van der Waals surface area contributed by atoms with Gasteiger partial charge in [0.15, 0.2) is 5.43 Å². The van der Waals surface area contributed by atoms with E-state index >= 15 is 0 Å². The third-order valence-corrected chi connectivity index (χ3v) is 8.27. The van der Waals surface area contributed by atoms with Crippen LogP contribution in [0.5, 0.6) is 5.75 Å². The number of nitrogens with one attached hydrogen (secondary N) is 1. The lowest BCUT2D eigenvalue weighted by Crippen LogP contribution is -2.15. The first-order valence-electron chi connectivity index (χ1n) is 13.0. The van der Waals surface area contributed by atoms with Gasteiger partial charge in [-0.1, -0.05) is 31.0 Å². The Labute approximate surface area is 224 Å². The van der Waals surface area contributed by atoms with Crippen LogP contribution in [0.15, 0.2) is 64.3 Å². The maximum absolute atomic E-state index is 14.1. The minimum absolute atomic E-state index is 0.140. The molecule has 0 saturated heterocycles. The number of H-pyrrole nitrogens is 1. The summed E-state index contributed by atoms with van der Waals surface area (Å²) in [4.78, 5) is 17.0. The number of hydrogen-bond donors (Lipinski definition) is 1. The second kappa shape index (κ2) is 9.24. The number of nitrogens with zero attached hydrogens (tertiary/aromatic N) is 2. The predicted octanol–water partition coefficient (Wildman–Crippen LogP) is 6.74. The van der Waals surface area contributed by atoms with Gasteiger partial charge < -0.3 is 14.3 Å². The lowest BCUT2D eigenvalue weighted by atomic mass is 10.00. The molecular weight excluding hydrogens is 517 g/mol. The number of fused-ring (bicyclic) bond motifs is 4. The molecule has 1 saturated carbocycles. The summed E-state index contributed by atoms with van der Waals surface area (Å²) >= 11 is 0. The number of pyridine rings is 1. The first kappa shape index (κ1) is 25.1. The van der Waals surface area contributed by atoms with E-state index in [9.17, 15) is 22.4 Å². The molecule has 6 rings (SSSR count). The summed E-state index contributed by atoms with van der Waals surface area (Å²) in [6, 6.07) is 16.8. The highest BCUT2D eigenvalue weighted by molar-refractivity contribution is 7.86. The minimum Gasteiger partial charge on any atom is -0.490 e. The number of aromatic amines is 1. The van der Waals surface area contributed by atoms with Crippen molar-refractivity contribution in [1.82, 2.24) is 9.55 Å². The number of benzene rings is 3. The summed E-state index contributed by atoms with van der Waals surface area (Å²) in [5.41, 5.74) is 3.45. The van der Waals surface area contributed by atoms with E-state index in [1.54, 1.807) is 24.3 Å². The van der Waals surface area contributed by atoms with Crippen molar-refractivity contribution < 1.29 is 17.0 Å². The van der Waals surface area contributed by atoms with Crippen LogP contribution in [0, 0.1) is 11.3 Å². The van der Waals surface area contributed by atoms with Crippen molar-refractivity contribution in [2.24, 2.45) is 0 Å². The minimum atomic E-state index is -4.91. The summed E-state index contributed by atoms with van der Waals surface area (Å²) in [6.07, 6.45) is 3.79. The van der Waals surface area contributed by atoms with Crippen LogP contribution in [0.3, 0.4) is 0 Å². The quantitative estimate of drug-likeness (QED) is 0.247. The average Bonchev–Trinajstić information content (AvgIpc) is 3.56. The number of rotatable bonds is 5. The van der Waals surface area contributed by atoms with Crippen LogP contribution in [0.1, 0.15) is 51.1 Å². The van der Waals surface area contributed by atoms with Crippen LogP contribution < -0.4 is 10.2 Å². The molecule has 0 bridgehead atoms. The first-order valence-corrected chi connectivity index (χ1v) is 14.3. The maximum Gasteiger partial charge on any atom is 0.332 e. The molecule has 9 heteroatoms. The molecule has 0 unspecified atom stereocenters. The van der Waals surface area contributed by atoms with Crippen molar-refractivity contribution in [2.75, 3.05) is 0 Å². The van der Waals surface area contributed by atoms with Gasteiger partial charge in [-0.2, -0.15) is 13.7 Å². The Balaban J connectivity index is 1.75. The van der Waals surface area contributed by atoms with E-state index < -0.39 is 15.1 Å². The fraction of sp³-hybridized carbons (Fsp3) is 0.267. The Kier molecular flexibility index (Phi) is 5.96. The van der Waals surface area contributed by atoms with E-state index in [0.717, 1.165) is 31.1 Å². The monoisotopic (exact) mass is 543 g/mol. The van der Waals surface area contributed by atoms with Crippen molar-refractivity contribution in [3.05, 3.63) is 70.4 Å². The van der Waals surface area contributed by atoms with Gasteiger partial charge in [-0.15, -0.1) is 3.89 Å². The standard InChI is InChI=1S/C30H26FN3O4S/c1-17(2)38-27-15-24-26(14-23(27)19-6-5-9-21(13-19)39(31,36)37)34(20-7-3-4-8-20)30-28(29(24)35)22-11-10-18(16-32)12-25(22)33-30/h5-6,9-15,17,20,33H,3-4,7-8H2,1-2H3. The van der Waals surface area contributed by atoms with Gasteiger partial charge >= 0.3 is 10.2 Å². The molecule has 39 heavy (non-hydrogen) atoms. The molecule has 0 radical (unpaired) electrons. The topological polar surface area (TPSA) is 105 Å². The molecule has 2 heterocycles. The number of hydrogen-bond acceptors (Lipinski definition) is 5. The van der Waals surface area contributed by atoms with Gasteiger partial charge in [-0.05, 0) is 68.7 Å². The molecule has 0 spiro atoms. The predicted molar refractivity (Wildman–Crippen MR) is 149 cm³/mol. The molecule has 0 atom stereocenters. The van der Waals surface area contributed by atoms with Crippen LogP contribution in [0.25, 0.3) is 44.0 Å². The highest BCUT2D eigenvalue weighted by Gasteiger charge is 2.26. The Morgan fingerprint density at radius 3 is 2.54 bits per heavy atom. The van der Waals surface area contributed by atoms with Crippen molar-refractivity contribution in [3.8, 4) is 22.9 Å². The van der Waals surface area contributed by atoms with E-state index in [1.165, 1.54) is 18.2 Å². The van der Waals surface area contributed by atoms with E-state index in [0.29, 0.717) is 49.9 Å². The third-order valence-electron chi connectivity index (χ3n) is 7.46. The Morgan fingerprint density at radius 2 is 1.85 bits per heavy atom. The van der Waals surface area contributed by atoms with Gasteiger partial charge in [0.05, 0.1) is 38.9 Å². The molecule has 1 aliphatic rings. The molecule has 7 nitrogen and oxygen atoms in total. The smallest absolute Gasteiger partial charge is 0.332 e. The molecule has 1 fully saturated rings. The Bertz CT molecular complexity index is 2000. The highest BCUT2D eigenvalue weighted by atomic mass is 32.3. The molecule has 0 amide bonds. The van der Waals surface area contributed by atoms with E-state index in [2.05, 4.69) is 15.6 Å². The zero-order valence-electron chi connectivity index (χ0n) is 21.5. The van der Waals surface area contributed by atoms with Gasteiger partial charge in [0.1, 0.15) is 11.4 Å². The first-order chi connectivity index (χ1) is 18.7. The van der Waals surface area contributed by atoms with Crippen LogP contribution in [-0.2, 0) is 10.2 Å². The summed E-state index contributed by atoms with van der Waals surface area (Å²) < 4.78 is 45.6. The molecule has 0 aliphatic heterocycles. The fourth-order valence-corrected chi connectivity index (χ4v) is 6.31. The second-order valence-electron chi connectivity index (χ2n) is 10.4. The lowest BCUT2D eigenvalue weighted by Gasteiger charge is -2.22. The van der Waals surface area contributed by atoms with E-state index in [1.807, 2.05) is 26.0 Å². The summed E-state index contributed by atoms with van der Waals surface area (Å²) in [5.74, 6) is 0.409. The molecule has 1 N–H and O–H groups in total. The number of halogens is 1. The lowest BCUT2D eigenvalue weighted by molar-refractivity contribution is 0.244. The maximum atomic E-state index is 14.1. The summed E-state index contributed by atoms with van der Waals surface area (Å²) in [5, 5.41) is 11.2. The molecule has 1 aliphatic carbocycles. The molecular formula is C30H26FN3O4S. The molecule has 2 aromatic heterocycles. The summed E-state index contributed by atoms with van der Waals surface area (Å²) in [7, 11) is -4.91. The molecule has 198 valence electrons. The molecule has 3 aromatic carbocycles. The van der Waals surface area contributed by atoms with Crippen molar-refractivity contribution >= 4 is 43.1 Å². The van der Waals surface area contributed by atoms with Crippen LogP contribution in [0.2, 0.25) is 0 Å². The van der Waals surface area contributed by atoms with Gasteiger partial charge in [0.25, 0.3) is 0 Å². The largest absolute Gasteiger partial charge is 0.490 e. The van der Waals surface area contributed by atoms with Crippen molar-refractivity contribution in [3.63, 3.8) is 0 Å². The Morgan fingerprint density at radius 1 is 1.08 bits per heavy atom. The summed E-state index contributed by atoms with van der Waals surface area (Å²) in [6.45, 7) is 3.73. The number of ether oxygens (including phenoxy) is 1. The van der Waals surface area contributed by atoms with Gasteiger partial charge in [0.2, 0.25) is 0 Å². The van der Waals surface area contributed by atoms with Crippen molar-refractivity contribution in [1.29, 1.82) is 5.26 Å². The third kappa shape index (κ3) is 4.25. The van der Waals surface area contributed by atoms with Crippen LogP contribution in [0.4, 0.5) is 3.89 Å². The zero-order valence-corrected chi connectivity index (χ0v) is 22.3. The van der Waals surface area contributed by atoms with Gasteiger partial charge in [-0.25, -0.2) is 0 Å². The zero-order chi connectivity index (χ0) is 27.5. The van der Waals surface area contributed by atoms with E-state index in [4.69, 9.17) is 4.74 Å². The van der Waals surface area contributed by atoms with E-state index in [-0.39, 0.29) is 17.6 Å². The van der Waals surface area contributed by atoms with Gasteiger partial charge in [-0.3, -0.25) is 4.79 Å². The fourth-order valence-electron chi connectivity index (χ4n) is 5.80. The second-order valence-corrected chi connectivity index (χ2v) is 11.7. The Hall–Kier alpha value is -4.16. The van der Waals surface area contributed by atoms with Crippen LogP contribution in [-0.4, -0.2) is 24.1 Å². The number of nitriles is 1. The van der Waals surface area contributed by atoms with Crippen LogP contribution >= 0.6 is 0 Å². The average molecular weight is 544 g/mol. The number of aromatic nitrogens is 2. The SMILES string of the molecule is CC(C)Oc1cc2c(=O)c3c4ccc(C#N)cc4[nH]c3n(C3CCCC3)c2cc1-c1cccc(S(=O)(=O)F)c1. The normalized spacial score (nSPS) is 14.5. The van der Waals surface area contributed by atoms with Gasteiger partial charge in [0, 0.05) is 22.5 Å².